The molecular weight excluding hydrogens is 203 g/mol. The number of nitrogens with two attached hydrogens (primary N) is 1. The highest BCUT2D eigenvalue weighted by Gasteiger charge is 2.21. The van der Waals surface area contributed by atoms with E-state index in [-0.39, 0.29) is 17.9 Å². The molecule has 16 heavy (non-hydrogen) atoms. The molecule has 0 spiro atoms. The summed E-state index contributed by atoms with van der Waals surface area (Å²) in [5.74, 6) is -0.202. The van der Waals surface area contributed by atoms with Gasteiger partial charge in [-0.3, -0.25) is 4.90 Å². The summed E-state index contributed by atoms with van der Waals surface area (Å²) in [5.41, 5.74) is 7.11. The maximum Gasteiger partial charge on any atom is 0.123 e. The zero-order chi connectivity index (χ0) is 12.1. The van der Waals surface area contributed by atoms with Crippen LogP contribution in [-0.2, 0) is 0 Å². The SMILES string of the molecule is CCN(CC)C(c1ccc(F)cc1)C(C)N. The van der Waals surface area contributed by atoms with E-state index in [1.165, 1.54) is 12.1 Å². The molecule has 0 aliphatic heterocycles. The molecule has 0 bridgehead atoms. The molecule has 0 saturated heterocycles. The number of nitrogens with zero attached hydrogens (tertiary/aromatic N) is 1. The maximum absolute atomic E-state index is 12.9. The van der Waals surface area contributed by atoms with Crippen LogP contribution in [0.5, 0.6) is 0 Å². The smallest absolute Gasteiger partial charge is 0.123 e. The average molecular weight is 224 g/mol. The van der Waals surface area contributed by atoms with E-state index in [1.54, 1.807) is 0 Å². The lowest BCUT2D eigenvalue weighted by molar-refractivity contribution is 0.195. The Morgan fingerprint density at radius 1 is 1.19 bits per heavy atom. The van der Waals surface area contributed by atoms with Crippen LogP contribution >= 0.6 is 0 Å². The van der Waals surface area contributed by atoms with Crippen molar-refractivity contribution >= 4 is 0 Å². The predicted octanol–water partition coefficient (Wildman–Crippen LogP) is 2.56. The summed E-state index contributed by atoms with van der Waals surface area (Å²) in [5, 5.41) is 0. The molecule has 1 aromatic carbocycles. The Bertz CT molecular complexity index is 304. The van der Waals surface area contributed by atoms with Crippen molar-refractivity contribution < 1.29 is 4.39 Å². The van der Waals surface area contributed by atoms with Gasteiger partial charge < -0.3 is 5.73 Å². The summed E-state index contributed by atoms with van der Waals surface area (Å²) in [6.45, 7) is 8.11. The lowest BCUT2D eigenvalue weighted by Gasteiger charge is -2.32. The zero-order valence-electron chi connectivity index (χ0n) is 10.3. The fraction of sp³-hybridized carbons (Fsp3) is 0.538. The molecule has 2 N–H and O–H groups in total. The van der Waals surface area contributed by atoms with Crippen LogP contribution in [0, 0.1) is 5.82 Å². The lowest BCUT2D eigenvalue weighted by atomic mass is 9.99. The van der Waals surface area contributed by atoms with E-state index in [0.717, 1.165) is 18.7 Å². The number of hydrogen-bond donors (Lipinski definition) is 1. The normalized spacial score (nSPS) is 15.1. The number of likely N-dealkylation sites (N-methyl/N-ethyl adjacent to an activating group) is 1. The van der Waals surface area contributed by atoms with E-state index < -0.39 is 0 Å². The van der Waals surface area contributed by atoms with Gasteiger partial charge in [-0.05, 0) is 37.7 Å². The van der Waals surface area contributed by atoms with Gasteiger partial charge in [-0.2, -0.15) is 0 Å². The summed E-state index contributed by atoms with van der Waals surface area (Å²) < 4.78 is 12.9. The van der Waals surface area contributed by atoms with E-state index in [1.807, 2.05) is 19.1 Å². The fourth-order valence-electron chi connectivity index (χ4n) is 2.12. The quantitative estimate of drug-likeness (QED) is 0.833. The van der Waals surface area contributed by atoms with Gasteiger partial charge in [-0.15, -0.1) is 0 Å². The van der Waals surface area contributed by atoms with Crippen LogP contribution in [-0.4, -0.2) is 24.0 Å². The van der Waals surface area contributed by atoms with E-state index >= 15 is 0 Å². The third-order valence-electron chi connectivity index (χ3n) is 2.92. The van der Waals surface area contributed by atoms with Crippen molar-refractivity contribution in [3.8, 4) is 0 Å². The molecule has 0 amide bonds. The van der Waals surface area contributed by atoms with E-state index in [0.29, 0.717) is 0 Å². The molecular formula is C13H21FN2. The van der Waals surface area contributed by atoms with Gasteiger partial charge in [0.25, 0.3) is 0 Å². The van der Waals surface area contributed by atoms with E-state index in [4.69, 9.17) is 5.73 Å². The van der Waals surface area contributed by atoms with Crippen molar-refractivity contribution in [1.82, 2.24) is 4.90 Å². The van der Waals surface area contributed by atoms with Crippen molar-refractivity contribution in [3.05, 3.63) is 35.6 Å². The zero-order valence-corrected chi connectivity index (χ0v) is 10.3. The second-order valence-corrected chi connectivity index (χ2v) is 4.08. The van der Waals surface area contributed by atoms with Crippen molar-refractivity contribution in [2.75, 3.05) is 13.1 Å². The molecule has 0 aliphatic carbocycles. The van der Waals surface area contributed by atoms with Gasteiger partial charge >= 0.3 is 0 Å². The van der Waals surface area contributed by atoms with Crippen molar-refractivity contribution in [3.63, 3.8) is 0 Å². The largest absolute Gasteiger partial charge is 0.326 e. The van der Waals surface area contributed by atoms with Gasteiger partial charge in [-0.25, -0.2) is 4.39 Å². The van der Waals surface area contributed by atoms with Crippen molar-refractivity contribution in [1.29, 1.82) is 0 Å². The molecule has 90 valence electrons. The van der Waals surface area contributed by atoms with E-state index in [2.05, 4.69) is 18.7 Å². The molecule has 2 nitrogen and oxygen atoms in total. The van der Waals surface area contributed by atoms with Crippen LogP contribution in [0.3, 0.4) is 0 Å². The van der Waals surface area contributed by atoms with Gasteiger partial charge in [0, 0.05) is 12.1 Å². The minimum atomic E-state index is -0.202. The summed E-state index contributed by atoms with van der Waals surface area (Å²) in [6, 6.07) is 6.83. The minimum Gasteiger partial charge on any atom is -0.326 e. The number of hydrogen-bond acceptors (Lipinski definition) is 2. The van der Waals surface area contributed by atoms with Crippen LogP contribution in [0.1, 0.15) is 32.4 Å². The molecule has 0 aliphatic rings. The summed E-state index contributed by atoms with van der Waals surface area (Å²) in [4.78, 5) is 2.29. The molecule has 0 radical (unpaired) electrons. The number of halogens is 1. The minimum absolute atomic E-state index is 0.0327. The van der Waals surface area contributed by atoms with Crippen molar-refractivity contribution in [2.45, 2.75) is 32.9 Å². The third-order valence-corrected chi connectivity index (χ3v) is 2.92. The molecule has 0 aromatic heterocycles. The van der Waals surface area contributed by atoms with Crippen LogP contribution in [0.15, 0.2) is 24.3 Å². The first-order valence-corrected chi connectivity index (χ1v) is 5.85. The van der Waals surface area contributed by atoms with Crippen LogP contribution in [0.25, 0.3) is 0 Å². The van der Waals surface area contributed by atoms with Crippen LogP contribution in [0.2, 0.25) is 0 Å². The molecule has 2 atom stereocenters. The number of rotatable bonds is 5. The first-order chi connectivity index (χ1) is 7.60. The molecule has 2 unspecified atom stereocenters. The van der Waals surface area contributed by atoms with Crippen LogP contribution < -0.4 is 5.73 Å². The van der Waals surface area contributed by atoms with Gasteiger partial charge in [0.1, 0.15) is 5.82 Å². The number of benzene rings is 1. The predicted molar refractivity (Wildman–Crippen MR) is 65.7 cm³/mol. The molecule has 1 aromatic rings. The highest BCUT2D eigenvalue weighted by Crippen LogP contribution is 2.23. The van der Waals surface area contributed by atoms with Crippen LogP contribution in [0.4, 0.5) is 4.39 Å². The van der Waals surface area contributed by atoms with E-state index in [9.17, 15) is 4.39 Å². The highest BCUT2D eigenvalue weighted by atomic mass is 19.1. The van der Waals surface area contributed by atoms with Crippen molar-refractivity contribution in [2.24, 2.45) is 5.73 Å². The standard InChI is InChI=1S/C13H21FN2/c1-4-16(5-2)13(10(3)15)11-6-8-12(14)9-7-11/h6-10,13H,4-5,15H2,1-3H3. The Labute approximate surface area is 97.3 Å². The molecule has 0 fully saturated rings. The Morgan fingerprint density at radius 2 is 1.69 bits per heavy atom. The Kier molecular flexibility index (Phi) is 4.90. The Hall–Kier alpha value is -0.930. The molecule has 3 heteroatoms. The van der Waals surface area contributed by atoms with Gasteiger partial charge in [-0.1, -0.05) is 26.0 Å². The third kappa shape index (κ3) is 3.03. The second-order valence-electron chi connectivity index (χ2n) is 4.08. The van der Waals surface area contributed by atoms with Gasteiger partial charge in [0.2, 0.25) is 0 Å². The Balaban J connectivity index is 2.97. The monoisotopic (exact) mass is 224 g/mol. The Morgan fingerprint density at radius 3 is 2.06 bits per heavy atom. The summed E-state index contributed by atoms with van der Waals surface area (Å²) in [6.07, 6.45) is 0. The second kappa shape index (κ2) is 5.97. The van der Waals surface area contributed by atoms with Gasteiger partial charge in [0.15, 0.2) is 0 Å². The topological polar surface area (TPSA) is 29.3 Å². The summed E-state index contributed by atoms with van der Waals surface area (Å²) in [7, 11) is 0. The summed E-state index contributed by atoms with van der Waals surface area (Å²) >= 11 is 0. The first kappa shape index (κ1) is 13.1. The average Bonchev–Trinajstić information content (AvgIpc) is 2.27. The fourth-order valence-corrected chi connectivity index (χ4v) is 2.12. The van der Waals surface area contributed by atoms with Gasteiger partial charge in [0.05, 0.1) is 0 Å². The first-order valence-electron chi connectivity index (χ1n) is 5.85. The molecule has 0 heterocycles. The molecule has 0 saturated carbocycles. The maximum atomic E-state index is 12.9. The lowest BCUT2D eigenvalue weighted by Crippen LogP contribution is -2.39. The molecule has 1 rings (SSSR count). The highest BCUT2D eigenvalue weighted by molar-refractivity contribution is 5.21.